The summed E-state index contributed by atoms with van der Waals surface area (Å²) in [4.78, 5) is 24.3. The van der Waals surface area contributed by atoms with Crippen molar-refractivity contribution in [3.05, 3.63) is 42.7 Å². The van der Waals surface area contributed by atoms with Crippen molar-refractivity contribution in [2.75, 3.05) is 7.11 Å². The van der Waals surface area contributed by atoms with E-state index < -0.39 is 5.97 Å². The average molecular weight is 355 g/mol. The number of thiazole rings is 1. The standard InChI is InChI=1S/C17H13N3O4S/c1-9-13(17(22)23-2)5-12(24-9)6-14-15(21)20(11-3-4-11)16(25-14)10(7-18)8-19/h5-6,11H,3-4H2,1-2H3. The number of esters is 1. The Labute approximate surface area is 146 Å². The number of hydrogen-bond donors (Lipinski definition) is 0. The van der Waals surface area contributed by atoms with Crippen LogP contribution in [0.15, 0.2) is 15.3 Å². The van der Waals surface area contributed by atoms with E-state index in [1.54, 1.807) is 6.92 Å². The fraction of sp³-hybridized carbons (Fsp3) is 0.294. The number of rotatable bonds is 3. The van der Waals surface area contributed by atoms with Crippen molar-refractivity contribution in [1.29, 1.82) is 10.5 Å². The Morgan fingerprint density at radius 3 is 2.68 bits per heavy atom. The zero-order valence-electron chi connectivity index (χ0n) is 13.5. The second-order valence-corrected chi connectivity index (χ2v) is 6.56. The second-order valence-electron chi connectivity index (χ2n) is 5.53. The van der Waals surface area contributed by atoms with Crippen LogP contribution in [0.4, 0.5) is 0 Å². The molecule has 0 radical (unpaired) electrons. The first-order valence-corrected chi connectivity index (χ1v) is 8.28. The summed E-state index contributed by atoms with van der Waals surface area (Å²) in [5.41, 5.74) is -0.0620. The first-order chi connectivity index (χ1) is 12.0. The summed E-state index contributed by atoms with van der Waals surface area (Å²) in [6, 6.07) is 5.21. The Kier molecular flexibility index (Phi) is 4.30. The van der Waals surface area contributed by atoms with E-state index in [-0.39, 0.29) is 22.7 Å². The van der Waals surface area contributed by atoms with Gasteiger partial charge in [-0.25, -0.2) is 4.79 Å². The van der Waals surface area contributed by atoms with Crippen molar-refractivity contribution >= 4 is 29.0 Å². The number of hydrogen-bond acceptors (Lipinski definition) is 7. The average Bonchev–Trinajstić information content (AvgIpc) is 3.30. The van der Waals surface area contributed by atoms with Gasteiger partial charge in [-0.2, -0.15) is 10.5 Å². The van der Waals surface area contributed by atoms with E-state index in [2.05, 4.69) is 4.74 Å². The van der Waals surface area contributed by atoms with Gasteiger partial charge < -0.3 is 9.15 Å². The SMILES string of the molecule is COC(=O)c1cc(C=c2sc(=C(C#N)C#N)n(C3CC3)c2=O)oc1C. The Morgan fingerprint density at radius 1 is 1.44 bits per heavy atom. The van der Waals surface area contributed by atoms with Crippen molar-refractivity contribution in [1.82, 2.24) is 4.57 Å². The van der Waals surface area contributed by atoms with Crippen LogP contribution in [0.2, 0.25) is 0 Å². The molecule has 8 heteroatoms. The summed E-state index contributed by atoms with van der Waals surface area (Å²) < 4.78 is 12.4. The molecule has 0 amide bonds. The van der Waals surface area contributed by atoms with Crippen LogP contribution in [0.5, 0.6) is 0 Å². The molecule has 0 N–H and O–H groups in total. The topological polar surface area (TPSA) is 109 Å². The number of ether oxygens (including phenoxy) is 1. The minimum atomic E-state index is -0.521. The lowest BCUT2D eigenvalue weighted by Gasteiger charge is -1.95. The number of aryl methyl sites for hydroxylation is 1. The molecule has 0 atom stereocenters. The Balaban J connectivity index is 2.22. The van der Waals surface area contributed by atoms with Gasteiger partial charge in [-0.15, -0.1) is 11.3 Å². The molecular formula is C17H13N3O4S. The third-order valence-corrected chi connectivity index (χ3v) is 4.93. The minimum Gasteiger partial charge on any atom is -0.465 e. The van der Waals surface area contributed by atoms with Crippen LogP contribution < -0.4 is 14.8 Å². The maximum absolute atomic E-state index is 12.7. The quantitative estimate of drug-likeness (QED) is 0.759. The van der Waals surface area contributed by atoms with E-state index in [0.717, 1.165) is 24.2 Å². The van der Waals surface area contributed by atoms with Crippen LogP contribution in [-0.4, -0.2) is 17.6 Å². The van der Waals surface area contributed by atoms with Gasteiger partial charge in [-0.05, 0) is 25.8 Å². The van der Waals surface area contributed by atoms with Gasteiger partial charge >= 0.3 is 5.97 Å². The van der Waals surface area contributed by atoms with E-state index in [0.29, 0.717) is 20.7 Å². The van der Waals surface area contributed by atoms with E-state index in [9.17, 15) is 9.59 Å². The normalized spacial score (nSPS) is 14.0. The third-order valence-electron chi connectivity index (χ3n) is 3.82. The van der Waals surface area contributed by atoms with Crippen LogP contribution in [0, 0.1) is 29.6 Å². The highest BCUT2D eigenvalue weighted by Gasteiger charge is 2.27. The molecule has 1 aliphatic rings. The molecule has 2 aromatic heterocycles. The summed E-state index contributed by atoms with van der Waals surface area (Å²) in [6.07, 6.45) is 3.21. The highest BCUT2D eigenvalue weighted by Crippen LogP contribution is 2.32. The van der Waals surface area contributed by atoms with Gasteiger partial charge in [-0.3, -0.25) is 9.36 Å². The lowest BCUT2D eigenvalue weighted by Crippen LogP contribution is -2.31. The zero-order chi connectivity index (χ0) is 18.1. The molecule has 0 aliphatic heterocycles. The number of nitriles is 2. The maximum atomic E-state index is 12.7. The molecule has 7 nitrogen and oxygen atoms in total. The van der Waals surface area contributed by atoms with Crippen LogP contribution in [0.1, 0.15) is 40.8 Å². The Bertz CT molecular complexity index is 1100. The summed E-state index contributed by atoms with van der Waals surface area (Å²) in [6.45, 7) is 1.63. The van der Waals surface area contributed by atoms with Crippen LogP contribution in [-0.2, 0) is 4.74 Å². The van der Waals surface area contributed by atoms with Crippen molar-refractivity contribution < 1.29 is 13.9 Å². The zero-order valence-corrected chi connectivity index (χ0v) is 14.3. The molecule has 0 spiro atoms. The second kappa shape index (κ2) is 6.42. The molecule has 1 saturated carbocycles. The van der Waals surface area contributed by atoms with Crippen LogP contribution >= 0.6 is 11.3 Å². The number of carbonyl (C=O) groups excluding carboxylic acids is 1. The van der Waals surface area contributed by atoms with Gasteiger partial charge in [0.25, 0.3) is 5.56 Å². The number of aromatic nitrogens is 1. The Morgan fingerprint density at radius 2 is 2.12 bits per heavy atom. The summed E-state index contributed by atoms with van der Waals surface area (Å²) in [7, 11) is 1.28. The van der Waals surface area contributed by atoms with Gasteiger partial charge in [0.1, 0.15) is 33.9 Å². The molecular weight excluding hydrogens is 342 g/mol. The molecule has 2 aromatic rings. The lowest BCUT2D eigenvalue weighted by molar-refractivity contribution is 0.0599. The Hall–Kier alpha value is -3.10. The lowest BCUT2D eigenvalue weighted by atomic mass is 10.2. The molecule has 0 unspecified atom stereocenters. The van der Waals surface area contributed by atoms with Gasteiger partial charge in [0.2, 0.25) is 0 Å². The summed E-state index contributed by atoms with van der Waals surface area (Å²) in [5.74, 6) is 0.202. The first-order valence-electron chi connectivity index (χ1n) is 7.46. The fourth-order valence-corrected chi connectivity index (χ4v) is 3.57. The number of methoxy groups -OCH3 is 1. The smallest absolute Gasteiger partial charge is 0.341 e. The highest BCUT2D eigenvalue weighted by molar-refractivity contribution is 7.07. The van der Waals surface area contributed by atoms with Gasteiger partial charge in [0, 0.05) is 12.1 Å². The monoisotopic (exact) mass is 355 g/mol. The van der Waals surface area contributed by atoms with Crippen LogP contribution in [0.3, 0.4) is 0 Å². The van der Waals surface area contributed by atoms with Gasteiger partial charge in [0.15, 0.2) is 5.57 Å². The molecule has 1 aliphatic carbocycles. The van der Waals surface area contributed by atoms with Crippen molar-refractivity contribution in [2.24, 2.45) is 0 Å². The number of nitrogens with zero attached hydrogens (tertiary/aromatic N) is 3. The number of furan rings is 1. The molecule has 1 fully saturated rings. The molecule has 0 saturated heterocycles. The van der Waals surface area contributed by atoms with E-state index >= 15 is 0 Å². The molecule has 0 aromatic carbocycles. The van der Waals surface area contributed by atoms with Crippen molar-refractivity contribution in [3.8, 4) is 12.1 Å². The van der Waals surface area contributed by atoms with Crippen molar-refractivity contribution in [2.45, 2.75) is 25.8 Å². The highest BCUT2D eigenvalue weighted by atomic mass is 32.1. The predicted octanol–water partition coefficient (Wildman–Crippen LogP) is 0.959. The van der Waals surface area contributed by atoms with E-state index in [1.807, 2.05) is 12.1 Å². The number of carbonyl (C=O) groups is 1. The molecule has 2 heterocycles. The minimum absolute atomic E-state index is 0.0292. The first kappa shape index (κ1) is 16.7. The van der Waals surface area contributed by atoms with Crippen molar-refractivity contribution in [3.63, 3.8) is 0 Å². The molecule has 3 rings (SSSR count). The maximum Gasteiger partial charge on any atom is 0.341 e. The van der Waals surface area contributed by atoms with E-state index in [4.69, 9.17) is 14.9 Å². The predicted molar refractivity (Wildman–Crippen MR) is 89.1 cm³/mol. The van der Waals surface area contributed by atoms with Crippen LogP contribution in [0.25, 0.3) is 11.6 Å². The summed E-state index contributed by atoms with van der Waals surface area (Å²) in [5, 5.41) is 18.3. The van der Waals surface area contributed by atoms with E-state index in [1.165, 1.54) is 23.8 Å². The van der Waals surface area contributed by atoms with Gasteiger partial charge in [0.05, 0.1) is 11.6 Å². The summed E-state index contributed by atoms with van der Waals surface area (Å²) >= 11 is 1.07. The molecule has 25 heavy (non-hydrogen) atoms. The van der Waals surface area contributed by atoms with Gasteiger partial charge in [-0.1, -0.05) is 0 Å². The fourth-order valence-electron chi connectivity index (χ4n) is 2.47. The third kappa shape index (κ3) is 3.00. The molecule has 0 bridgehead atoms. The molecule has 126 valence electrons. The largest absolute Gasteiger partial charge is 0.465 e.